The number of nitrogen functional groups attached to an aromatic ring is 1. The largest absolute Gasteiger partial charge is 0.480 e. The number of benzene rings is 1. The molecule has 0 spiro atoms. The fourth-order valence-electron chi connectivity index (χ4n) is 2.23. The number of aliphatic carboxylic acids is 1. The Morgan fingerprint density at radius 2 is 2.00 bits per heavy atom. The molecule has 20 heavy (non-hydrogen) atoms. The van der Waals surface area contributed by atoms with Gasteiger partial charge in [0.2, 0.25) is 0 Å². The first kappa shape index (κ1) is 16.0. The van der Waals surface area contributed by atoms with Gasteiger partial charge in [-0.2, -0.15) is 0 Å². The van der Waals surface area contributed by atoms with E-state index in [9.17, 15) is 4.79 Å². The number of hydrogen-bond acceptors (Lipinski definition) is 3. The van der Waals surface area contributed by atoms with Gasteiger partial charge in [-0.1, -0.05) is 13.8 Å². The molecule has 2 rings (SSSR count). The van der Waals surface area contributed by atoms with E-state index >= 15 is 0 Å². The summed E-state index contributed by atoms with van der Waals surface area (Å²) >= 11 is 0. The number of aromatic nitrogens is 1. The number of carboxylic acids is 1. The molecule has 5 heteroatoms. The van der Waals surface area contributed by atoms with E-state index in [4.69, 9.17) is 16.6 Å². The van der Waals surface area contributed by atoms with Crippen molar-refractivity contribution in [2.75, 3.05) is 5.73 Å². The molecule has 2 aromatic rings. The van der Waals surface area contributed by atoms with Gasteiger partial charge in [-0.3, -0.25) is 4.79 Å². The summed E-state index contributed by atoms with van der Waals surface area (Å²) in [7, 11) is 1.95. The van der Waals surface area contributed by atoms with E-state index in [-0.39, 0.29) is 0 Å². The van der Waals surface area contributed by atoms with E-state index in [2.05, 4.69) is 0 Å². The van der Waals surface area contributed by atoms with Crippen LogP contribution in [-0.2, 0) is 18.3 Å². The topological polar surface area (TPSA) is 94.3 Å². The second-order valence-electron chi connectivity index (χ2n) is 4.55. The van der Waals surface area contributed by atoms with Crippen LogP contribution < -0.4 is 11.5 Å². The van der Waals surface area contributed by atoms with E-state index < -0.39 is 12.0 Å². The monoisotopic (exact) mass is 277 g/mol. The zero-order valence-corrected chi connectivity index (χ0v) is 12.5. The van der Waals surface area contributed by atoms with E-state index in [1.807, 2.05) is 50.6 Å². The Bertz CT molecular complexity index is 617. The van der Waals surface area contributed by atoms with Gasteiger partial charge >= 0.3 is 5.97 Å². The molecule has 110 valence electrons. The Kier molecular flexibility index (Phi) is 5.16. The van der Waals surface area contributed by atoms with Gasteiger partial charge in [0.15, 0.2) is 0 Å². The quantitative estimate of drug-likeness (QED) is 0.748. The SMILES string of the molecule is CC.Cc1c(CC(N)C(=O)O)c2cc(N)ccc2n1C. The number of nitrogens with zero attached hydrogens (tertiary/aromatic N) is 1. The van der Waals surface area contributed by atoms with Gasteiger partial charge < -0.3 is 21.1 Å². The van der Waals surface area contributed by atoms with Crippen molar-refractivity contribution in [3.8, 4) is 0 Å². The molecule has 0 aliphatic carbocycles. The van der Waals surface area contributed by atoms with Crippen LogP contribution in [0.5, 0.6) is 0 Å². The van der Waals surface area contributed by atoms with Crippen molar-refractivity contribution in [3.05, 3.63) is 29.5 Å². The van der Waals surface area contributed by atoms with Gasteiger partial charge in [0, 0.05) is 35.8 Å². The van der Waals surface area contributed by atoms with Crippen LogP contribution in [-0.4, -0.2) is 21.7 Å². The summed E-state index contributed by atoms with van der Waals surface area (Å²) in [5.41, 5.74) is 15.1. The normalized spacial score (nSPS) is 11.8. The molecule has 1 unspecified atom stereocenters. The van der Waals surface area contributed by atoms with Gasteiger partial charge in [-0.15, -0.1) is 0 Å². The highest BCUT2D eigenvalue weighted by Gasteiger charge is 2.18. The van der Waals surface area contributed by atoms with Gasteiger partial charge in [0.1, 0.15) is 6.04 Å². The lowest BCUT2D eigenvalue weighted by Gasteiger charge is -2.07. The van der Waals surface area contributed by atoms with Crippen molar-refractivity contribution in [1.29, 1.82) is 0 Å². The number of nitrogens with two attached hydrogens (primary N) is 2. The van der Waals surface area contributed by atoms with Crippen LogP contribution in [0.2, 0.25) is 0 Å². The van der Waals surface area contributed by atoms with Crippen LogP contribution in [0.25, 0.3) is 10.9 Å². The van der Waals surface area contributed by atoms with Crippen LogP contribution in [0.4, 0.5) is 5.69 Å². The van der Waals surface area contributed by atoms with Crippen LogP contribution in [0.15, 0.2) is 18.2 Å². The van der Waals surface area contributed by atoms with Crippen LogP contribution in [0.3, 0.4) is 0 Å². The highest BCUT2D eigenvalue weighted by atomic mass is 16.4. The number of rotatable bonds is 3. The third-order valence-electron chi connectivity index (χ3n) is 3.39. The molecule has 1 heterocycles. The first-order valence-corrected chi connectivity index (χ1v) is 6.73. The molecule has 0 saturated heterocycles. The molecule has 5 nitrogen and oxygen atoms in total. The smallest absolute Gasteiger partial charge is 0.320 e. The number of carboxylic acid groups (broad SMARTS) is 1. The van der Waals surface area contributed by atoms with E-state index in [1.165, 1.54) is 0 Å². The minimum absolute atomic E-state index is 0.307. The third kappa shape index (κ3) is 2.93. The van der Waals surface area contributed by atoms with Gasteiger partial charge in [0.25, 0.3) is 0 Å². The molecule has 0 aliphatic heterocycles. The molecule has 0 bridgehead atoms. The lowest BCUT2D eigenvalue weighted by atomic mass is 10.0. The Balaban J connectivity index is 0.000000956. The molecular weight excluding hydrogens is 254 g/mol. The van der Waals surface area contributed by atoms with E-state index in [0.29, 0.717) is 12.1 Å². The van der Waals surface area contributed by atoms with E-state index in [0.717, 1.165) is 22.2 Å². The van der Waals surface area contributed by atoms with E-state index in [1.54, 1.807) is 0 Å². The number of fused-ring (bicyclic) bond motifs is 1. The highest BCUT2D eigenvalue weighted by Crippen LogP contribution is 2.27. The molecule has 0 aliphatic rings. The van der Waals surface area contributed by atoms with Crippen molar-refractivity contribution >= 4 is 22.6 Å². The van der Waals surface area contributed by atoms with Crippen molar-refractivity contribution in [2.45, 2.75) is 33.2 Å². The summed E-state index contributed by atoms with van der Waals surface area (Å²) in [4.78, 5) is 10.9. The first-order chi connectivity index (χ1) is 9.41. The maximum absolute atomic E-state index is 10.9. The van der Waals surface area contributed by atoms with Crippen LogP contribution in [0, 0.1) is 6.92 Å². The maximum atomic E-state index is 10.9. The zero-order chi connectivity index (χ0) is 15.4. The van der Waals surface area contributed by atoms with Gasteiger partial charge in [-0.25, -0.2) is 0 Å². The number of anilines is 1. The molecule has 0 saturated carbocycles. The van der Waals surface area contributed by atoms with Gasteiger partial charge in [-0.05, 0) is 30.7 Å². The molecule has 0 radical (unpaired) electrons. The number of hydrogen-bond donors (Lipinski definition) is 3. The standard InChI is InChI=1S/C13H17N3O2.C2H6/c1-7-9(6-11(15)13(17)18)10-5-8(14)3-4-12(10)16(7)2;1-2/h3-5,11H,6,14-15H2,1-2H3,(H,17,18);1-2H3. The number of carbonyl (C=O) groups is 1. The second-order valence-corrected chi connectivity index (χ2v) is 4.55. The number of aryl methyl sites for hydroxylation is 1. The summed E-state index contributed by atoms with van der Waals surface area (Å²) in [6.45, 7) is 5.96. The third-order valence-corrected chi connectivity index (χ3v) is 3.39. The second kappa shape index (κ2) is 6.43. The summed E-state index contributed by atoms with van der Waals surface area (Å²) in [5.74, 6) is -0.990. The fourth-order valence-corrected chi connectivity index (χ4v) is 2.23. The Morgan fingerprint density at radius 1 is 1.40 bits per heavy atom. The lowest BCUT2D eigenvalue weighted by Crippen LogP contribution is -2.32. The molecule has 0 amide bonds. The van der Waals surface area contributed by atoms with Crippen molar-refractivity contribution < 1.29 is 9.90 Å². The Morgan fingerprint density at radius 3 is 2.55 bits per heavy atom. The van der Waals surface area contributed by atoms with Crippen molar-refractivity contribution in [3.63, 3.8) is 0 Å². The average Bonchev–Trinajstić information content (AvgIpc) is 2.65. The van der Waals surface area contributed by atoms with Crippen LogP contribution >= 0.6 is 0 Å². The summed E-state index contributed by atoms with van der Waals surface area (Å²) in [6.07, 6.45) is 0.307. The van der Waals surface area contributed by atoms with Crippen molar-refractivity contribution in [2.24, 2.45) is 12.8 Å². The summed E-state index contributed by atoms with van der Waals surface area (Å²) in [6, 6.07) is 4.75. The first-order valence-electron chi connectivity index (χ1n) is 6.73. The minimum atomic E-state index is -0.990. The predicted molar refractivity (Wildman–Crippen MR) is 82.7 cm³/mol. The summed E-state index contributed by atoms with van der Waals surface area (Å²) in [5, 5.41) is 9.89. The van der Waals surface area contributed by atoms with Crippen molar-refractivity contribution in [1.82, 2.24) is 4.57 Å². The molecule has 1 aromatic heterocycles. The molecule has 1 aromatic carbocycles. The van der Waals surface area contributed by atoms with Gasteiger partial charge in [0.05, 0.1) is 0 Å². The lowest BCUT2D eigenvalue weighted by molar-refractivity contribution is -0.138. The minimum Gasteiger partial charge on any atom is -0.480 e. The molecular formula is C15H23N3O2. The fraction of sp³-hybridized carbons (Fsp3) is 0.400. The zero-order valence-electron chi connectivity index (χ0n) is 12.5. The molecule has 0 fully saturated rings. The Hall–Kier alpha value is -2.01. The predicted octanol–water partition coefficient (Wildman–Crippen LogP) is 2.05. The molecule has 1 atom stereocenters. The average molecular weight is 277 g/mol. The maximum Gasteiger partial charge on any atom is 0.320 e. The van der Waals surface area contributed by atoms with Crippen LogP contribution in [0.1, 0.15) is 25.1 Å². The summed E-state index contributed by atoms with van der Waals surface area (Å²) < 4.78 is 2.03. The molecule has 5 N–H and O–H groups in total. The highest BCUT2D eigenvalue weighted by molar-refractivity contribution is 5.89. The Labute approximate surface area is 119 Å².